The fourth-order valence-corrected chi connectivity index (χ4v) is 6.62. The molecular formula is C33H45F3N4O3. The van der Waals surface area contributed by atoms with Gasteiger partial charge in [0, 0.05) is 79.6 Å². The van der Waals surface area contributed by atoms with E-state index in [-0.39, 0.29) is 23.9 Å². The molecule has 0 radical (unpaired) electrons. The Balaban J connectivity index is 1.25. The Bertz CT molecular complexity index is 1340. The van der Waals surface area contributed by atoms with Crippen LogP contribution >= 0.6 is 0 Å². The van der Waals surface area contributed by atoms with Gasteiger partial charge in [0.1, 0.15) is 23.1 Å². The lowest BCUT2D eigenvalue weighted by Gasteiger charge is -2.43. The van der Waals surface area contributed by atoms with Gasteiger partial charge in [0.2, 0.25) is 0 Å². The van der Waals surface area contributed by atoms with E-state index in [0.29, 0.717) is 25.1 Å². The second kappa shape index (κ2) is 13.6. The molecule has 1 fully saturated rings. The van der Waals surface area contributed by atoms with Gasteiger partial charge in [-0.2, -0.15) is 0 Å². The molecule has 2 aliphatic heterocycles. The van der Waals surface area contributed by atoms with Crippen LogP contribution in [0.4, 0.5) is 13.2 Å². The highest BCUT2D eigenvalue weighted by Gasteiger charge is 2.41. The summed E-state index contributed by atoms with van der Waals surface area (Å²) in [7, 11) is 0. The van der Waals surface area contributed by atoms with Crippen molar-refractivity contribution < 1.29 is 28.1 Å². The van der Waals surface area contributed by atoms with Crippen molar-refractivity contribution in [3.05, 3.63) is 64.9 Å². The second-order valence-electron chi connectivity index (χ2n) is 12.7. The third kappa shape index (κ3) is 7.72. The quantitative estimate of drug-likeness (QED) is 0.200. The molecule has 5 rings (SSSR count). The highest BCUT2D eigenvalue weighted by Crippen LogP contribution is 2.43. The minimum atomic E-state index is -1.55. The highest BCUT2D eigenvalue weighted by molar-refractivity contribution is 5.85. The molecule has 0 amide bonds. The van der Waals surface area contributed by atoms with Crippen molar-refractivity contribution in [1.82, 2.24) is 19.7 Å². The van der Waals surface area contributed by atoms with Crippen molar-refractivity contribution in [1.29, 1.82) is 0 Å². The first-order chi connectivity index (χ1) is 20.5. The Morgan fingerprint density at radius 1 is 1.00 bits per heavy atom. The third-order valence-corrected chi connectivity index (χ3v) is 8.69. The maximum absolute atomic E-state index is 15.9. The van der Waals surface area contributed by atoms with Crippen LogP contribution in [0, 0.1) is 11.6 Å². The SMILES string of the molecule is C[C@@H]1Cc2c([nH]c3ccccc23)[C@@H](c2c(F)cc(OCCCN3CCN(CCCC(O)O)CC3)cc2F)N1CC(C)(C)F. The van der Waals surface area contributed by atoms with Crippen molar-refractivity contribution in [3.63, 3.8) is 0 Å². The number of aromatic nitrogens is 1. The Hall–Kier alpha value is -2.63. The number of aliphatic hydroxyl groups excluding tert-OH is 1. The van der Waals surface area contributed by atoms with Crippen molar-refractivity contribution in [2.75, 3.05) is 52.4 Å². The van der Waals surface area contributed by atoms with Gasteiger partial charge in [-0.25, -0.2) is 13.2 Å². The summed E-state index contributed by atoms with van der Waals surface area (Å²) in [6, 6.07) is 9.41. The van der Waals surface area contributed by atoms with E-state index in [9.17, 15) is 0 Å². The number of aliphatic hydroxyl groups is 2. The number of piperazine rings is 1. The van der Waals surface area contributed by atoms with Gasteiger partial charge in [-0.15, -0.1) is 0 Å². The van der Waals surface area contributed by atoms with E-state index in [1.165, 1.54) is 26.0 Å². The highest BCUT2D eigenvalue weighted by atomic mass is 19.1. The van der Waals surface area contributed by atoms with Crippen LogP contribution in [-0.4, -0.2) is 100 Å². The van der Waals surface area contributed by atoms with Gasteiger partial charge in [-0.1, -0.05) is 18.2 Å². The number of H-pyrrole nitrogens is 1. The molecule has 3 aromatic rings. The summed E-state index contributed by atoms with van der Waals surface area (Å²) >= 11 is 0. The number of fused-ring (bicyclic) bond motifs is 3. The summed E-state index contributed by atoms with van der Waals surface area (Å²) in [6.45, 7) is 10.7. The molecule has 2 aliphatic rings. The van der Waals surface area contributed by atoms with E-state index in [1.807, 2.05) is 36.1 Å². The van der Waals surface area contributed by atoms with Crippen molar-refractivity contribution in [2.24, 2.45) is 0 Å². The molecule has 0 saturated carbocycles. The molecule has 1 saturated heterocycles. The maximum Gasteiger partial charge on any atom is 0.151 e. The van der Waals surface area contributed by atoms with E-state index in [0.717, 1.165) is 68.6 Å². The minimum absolute atomic E-state index is 0.0326. The lowest BCUT2D eigenvalue weighted by atomic mass is 9.87. The summed E-state index contributed by atoms with van der Waals surface area (Å²) < 4.78 is 52.5. The Labute approximate surface area is 252 Å². The number of para-hydroxylation sites is 1. The average molecular weight is 603 g/mol. The molecule has 236 valence electrons. The summed E-state index contributed by atoms with van der Waals surface area (Å²) in [4.78, 5) is 9.94. The zero-order valence-corrected chi connectivity index (χ0v) is 25.5. The molecule has 1 aromatic heterocycles. The van der Waals surface area contributed by atoms with Gasteiger partial charge >= 0.3 is 0 Å². The van der Waals surface area contributed by atoms with Crippen LogP contribution in [0.25, 0.3) is 10.9 Å². The van der Waals surface area contributed by atoms with Crippen LogP contribution in [-0.2, 0) is 6.42 Å². The number of nitrogens with zero attached hydrogens (tertiary/aromatic N) is 3. The minimum Gasteiger partial charge on any atom is -0.493 e. The molecule has 2 atom stereocenters. The first-order valence-electron chi connectivity index (χ1n) is 15.5. The number of alkyl halides is 1. The Morgan fingerprint density at radius 3 is 2.26 bits per heavy atom. The first-order valence-corrected chi connectivity index (χ1v) is 15.5. The van der Waals surface area contributed by atoms with Crippen LogP contribution in [0.2, 0.25) is 0 Å². The van der Waals surface area contributed by atoms with Crippen LogP contribution in [0.15, 0.2) is 36.4 Å². The average Bonchev–Trinajstić information content (AvgIpc) is 3.30. The number of hydrogen-bond donors (Lipinski definition) is 3. The van der Waals surface area contributed by atoms with Gasteiger partial charge < -0.3 is 29.7 Å². The lowest BCUT2D eigenvalue weighted by molar-refractivity contribution is -0.0479. The molecule has 3 N–H and O–H groups in total. The topological polar surface area (TPSA) is 75.2 Å². The zero-order chi connectivity index (χ0) is 30.7. The molecule has 7 nitrogen and oxygen atoms in total. The lowest BCUT2D eigenvalue weighted by Crippen LogP contribution is -2.48. The van der Waals surface area contributed by atoms with Gasteiger partial charge in [0.25, 0.3) is 0 Å². The van der Waals surface area contributed by atoms with Crippen LogP contribution < -0.4 is 4.74 Å². The fraction of sp³-hybridized carbons (Fsp3) is 0.576. The Kier molecular flexibility index (Phi) is 10.0. The smallest absolute Gasteiger partial charge is 0.151 e. The molecule has 2 aromatic carbocycles. The monoisotopic (exact) mass is 602 g/mol. The van der Waals surface area contributed by atoms with Crippen LogP contribution in [0.3, 0.4) is 0 Å². The largest absolute Gasteiger partial charge is 0.493 e. The van der Waals surface area contributed by atoms with Crippen LogP contribution in [0.5, 0.6) is 5.75 Å². The molecule has 0 spiro atoms. The normalized spacial score (nSPS) is 20.7. The van der Waals surface area contributed by atoms with E-state index < -0.39 is 29.6 Å². The zero-order valence-electron chi connectivity index (χ0n) is 25.5. The molecule has 43 heavy (non-hydrogen) atoms. The molecule has 0 bridgehead atoms. The standard InChI is InChI=1S/C33H45F3N4O3/c1-22-18-25-24-8-4-5-9-28(24)37-31(25)32(40(22)21-33(2,3)36)30-26(34)19-23(20-27(30)35)43-17-7-12-39-15-13-38(14-16-39)11-6-10-29(41)42/h4-5,8-9,19-20,22,29,32,37,41-42H,6-7,10-18,21H2,1-3H3/t22-,32-/m1/s1. The number of benzene rings is 2. The maximum atomic E-state index is 15.9. The van der Waals surface area contributed by atoms with E-state index in [1.54, 1.807) is 0 Å². The summed E-state index contributed by atoms with van der Waals surface area (Å²) in [5, 5.41) is 19.0. The van der Waals surface area contributed by atoms with Crippen LogP contribution in [0.1, 0.15) is 62.9 Å². The van der Waals surface area contributed by atoms with Crippen molar-refractivity contribution in [2.45, 2.75) is 70.5 Å². The fourth-order valence-electron chi connectivity index (χ4n) is 6.62. The van der Waals surface area contributed by atoms with E-state index in [2.05, 4.69) is 14.8 Å². The molecule has 3 heterocycles. The summed E-state index contributed by atoms with van der Waals surface area (Å²) in [5.74, 6) is -1.26. The number of ether oxygens (including phenoxy) is 1. The van der Waals surface area contributed by atoms with Gasteiger partial charge in [0.15, 0.2) is 6.29 Å². The van der Waals surface area contributed by atoms with E-state index >= 15 is 13.2 Å². The number of aromatic amines is 1. The third-order valence-electron chi connectivity index (χ3n) is 8.69. The molecular weight excluding hydrogens is 557 g/mol. The molecule has 0 unspecified atom stereocenters. The Morgan fingerprint density at radius 2 is 1.63 bits per heavy atom. The van der Waals surface area contributed by atoms with E-state index in [4.69, 9.17) is 14.9 Å². The predicted octanol–water partition coefficient (Wildman–Crippen LogP) is 5.01. The predicted molar refractivity (Wildman–Crippen MR) is 162 cm³/mol. The second-order valence-corrected chi connectivity index (χ2v) is 12.7. The summed E-state index contributed by atoms with van der Waals surface area (Å²) in [5.41, 5.74) is 0.977. The van der Waals surface area contributed by atoms with Crippen molar-refractivity contribution >= 4 is 10.9 Å². The van der Waals surface area contributed by atoms with Crippen molar-refractivity contribution in [3.8, 4) is 5.75 Å². The molecule has 10 heteroatoms. The number of hydrogen-bond acceptors (Lipinski definition) is 6. The summed E-state index contributed by atoms with van der Waals surface area (Å²) in [6.07, 6.45) is 1.27. The molecule has 0 aliphatic carbocycles. The first kappa shape index (κ1) is 31.8. The van der Waals surface area contributed by atoms with Gasteiger partial charge in [-0.05, 0) is 64.6 Å². The van der Waals surface area contributed by atoms with Gasteiger partial charge in [-0.3, -0.25) is 4.90 Å². The number of nitrogens with one attached hydrogen (secondary N) is 1. The van der Waals surface area contributed by atoms with Gasteiger partial charge in [0.05, 0.1) is 12.6 Å². The number of halogens is 3. The number of rotatable bonds is 12.